The highest BCUT2D eigenvalue weighted by atomic mass is 16.5. The number of nitrogens with one attached hydrogen (secondary N) is 2. The molecule has 0 spiro atoms. The van der Waals surface area contributed by atoms with Crippen LogP contribution in [-0.4, -0.2) is 38.6 Å². The van der Waals surface area contributed by atoms with Gasteiger partial charge >= 0.3 is 0 Å². The summed E-state index contributed by atoms with van der Waals surface area (Å²) in [5.41, 5.74) is 0.920. The smallest absolute Gasteiger partial charge is 0.276 e. The average Bonchev–Trinajstić information content (AvgIpc) is 2.81. The number of aryl methyl sites for hydroxylation is 1. The van der Waals surface area contributed by atoms with Crippen LogP contribution in [0.2, 0.25) is 0 Å². The number of pyridine rings is 1. The van der Waals surface area contributed by atoms with Crippen LogP contribution in [0.5, 0.6) is 5.75 Å². The van der Waals surface area contributed by atoms with Gasteiger partial charge < -0.3 is 4.74 Å². The largest absolute Gasteiger partial charge is 0.497 e. The van der Waals surface area contributed by atoms with Crippen LogP contribution in [0.25, 0.3) is 0 Å². The van der Waals surface area contributed by atoms with Crippen molar-refractivity contribution in [3.63, 3.8) is 0 Å². The number of hydrogen-bond acceptors (Lipinski definition) is 6. The second-order valence-electron chi connectivity index (χ2n) is 3.24. The normalized spacial score (nSPS) is 10.0. The Labute approximate surface area is 96.4 Å². The van der Waals surface area contributed by atoms with Gasteiger partial charge in [-0.15, -0.1) is 0 Å². The maximum atomic E-state index is 11.8. The Kier molecular flexibility index (Phi) is 2.95. The lowest BCUT2D eigenvalue weighted by atomic mass is 10.3. The molecule has 0 aliphatic carbocycles. The first-order chi connectivity index (χ1) is 8.19. The number of carbonyl (C=O) groups excluding carboxylic acids is 1. The lowest BCUT2D eigenvalue weighted by Crippen LogP contribution is -2.15. The molecule has 0 unspecified atom stereocenters. The fourth-order valence-electron chi connectivity index (χ4n) is 1.25. The molecule has 0 fully saturated rings. The van der Waals surface area contributed by atoms with Gasteiger partial charge in [0, 0.05) is 17.8 Å². The molecule has 17 heavy (non-hydrogen) atoms. The summed E-state index contributed by atoms with van der Waals surface area (Å²) in [5, 5.41) is 15.1. The number of methoxy groups -OCH3 is 1. The van der Waals surface area contributed by atoms with Crippen LogP contribution in [0.3, 0.4) is 0 Å². The number of anilines is 1. The van der Waals surface area contributed by atoms with Crippen LogP contribution >= 0.6 is 0 Å². The van der Waals surface area contributed by atoms with Crippen molar-refractivity contribution in [3.8, 4) is 5.75 Å². The van der Waals surface area contributed by atoms with Gasteiger partial charge in [0.2, 0.25) is 5.95 Å². The molecule has 0 radical (unpaired) electrons. The lowest BCUT2D eigenvalue weighted by Gasteiger charge is -2.05. The van der Waals surface area contributed by atoms with Crippen molar-refractivity contribution in [2.75, 3.05) is 12.4 Å². The summed E-state index contributed by atoms with van der Waals surface area (Å²) in [6.07, 6.45) is 0. The first-order valence-corrected chi connectivity index (χ1v) is 4.77. The van der Waals surface area contributed by atoms with E-state index in [9.17, 15) is 4.79 Å². The van der Waals surface area contributed by atoms with Crippen LogP contribution in [0.15, 0.2) is 12.1 Å². The molecule has 0 atom stereocenters. The lowest BCUT2D eigenvalue weighted by molar-refractivity contribution is 0.102. The summed E-state index contributed by atoms with van der Waals surface area (Å²) >= 11 is 0. The van der Waals surface area contributed by atoms with Crippen molar-refractivity contribution in [3.05, 3.63) is 23.5 Å². The van der Waals surface area contributed by atoms with E-state index in [-0.39, 0.29) is 11.6 Å². The predicted octanol–water partition coefficient (Wildman–Crippen LogP) is 0.164. The Morgan fingerprint density at radius 1 is 1.47 bits per heavy atom. The van der Waals surface area contributed by atoms with Crippen molar-refractivity contribution in [2.24, 2.45) is 0 Å². The van der Waals surface area contributed by atoms with E-state index in [1.165, 1.54) is 13.2 Å². The van der Waals surface area contributed by atoms with Crippen LogP contribution in [0.4, 0.5) is 5.95 Å². The number of amides is 1. The second-order valence-corrected chi connectivity index (χ2v) is 3.24. The van der Waals surface area contributed by atoms with E-state index >= 15 is 0 Å². The molecule has 0 aliphatic heterocycles. The Morgan fingerprint density at radius 3 is 2.94 bits per heavy atom. The first-order valence-electron chi connectivity index (χ1n) is 4.77. The molecule has 0 aromatic carbocycles. The number of ether oxygens (including phenoxy) is 1. The van der Waals surface area contributed by atoms with Gasteiger partial charge in [0.15, 0.2) is 0 Å². The molecule has 2 aromatic rings. The molecular weight excluding hydrogens is 224 g/mol. The number of hydrogen-bond donors (Lipinski definition) is 2. The van der Waals surface area contributed by atoms with E-state index in [0.29, 0.717) is 11.4 Å². The summed E-state index contributed by atoms with van der Waals surface area (Å²) in [4.78, 5) is 15.9. The number of aromatic nitrogens is 5. The molecule has 2 N–H and O–H groups in total. The maximum absolute atomic E-state index is 11.8. The minimum atomic E-state index is -0.412. The van der Waals surface area contributed by atoms with Gasteiger partial charge in [0.05, 0.1) is 7.11 Å². The van der Waals surface area contributed by atoms with Crippen molar-refractivity contribution in [1.82, 2.24) is 25.6 Å². The second kappa shape index (κ2) is 4.56. The zero-order valence-electron chi connectivity index (χ0n) is 9.26. The van der Waals surface area contributed by atoms with Crippen molar-refractivity contribution in [1.29, 1.82) is 0 Å². The highest BCUT2D eigenvalue weighted by molar-refractivity contribution is 6.02. The molecule has 0 bridgehead atoms. The number of tetrazole rings is 1. The van der Waals surface area contributed by atoms with Crippen LogP contribution in [0.1, 0.15) is 16.2 Å². The molecule has 2 heterocycles. The zero-order chi connectivity index (χ0) is 12.3. The third-order valence-corrected chi connectivity index (χ3v) is 1.97. The van der Waals surface area contributed by atoms with Crippen molar-refractivity contribution in [2.45, 2.75) is 6.92 Å². The van der Waals surface area contributed by atoms with Gasteiger partial charge in [-0.2, -0.15) is 0 Å². The van der Waals surface area contributed by atoms with E-state index in [1.54, 1.807) is 13.0 Å². The highest BCUT2D eigenvalue weighted by Crippen LogP contribution is 2.13. The predicted molar refractivity (Wildman–Crippen MR) is 57.7 cm³/mol. The van der Waals surface area contributed by atoms with Gasteiger partial charge in [0.1, 0.15) is 11.4 Å². The fourth-order valence-corrected chi connectivity index (χ4v) is 1.25. The first kappa shape index (κ1) is 11.0. The molecule has 8 heteroatoms. The van der Waals surface area contributed by atoms with E-state index in [2.05, 4.69) is 30.9 Å². The molecule has 2 rings (SSSR count). The molecule has 1 amide bonds. The Morgan fingerprint density at radius 2 is 2.29 bits per heavy atom. The SMILES string of the molecule is COc1cc(C)nc(C(=O)Nc2nnn[nH]2)c1. The summed E-state index contributed by atoms with van der Waals surface area (Å²) in [7, 11) is 1.52. The Hall–Kier alpha value is -2.51. The van der Waals surface area contributed by atoms with Gasteiger partial charge in [0.25, 0.3) is 5.91 Å². The monoisotopic (exact) mass is 234 g/mol. The number of aromatic amines is 1. The summed E-state index contributed by atoms with van der Waals surface area (Å²) in [6.45, 7) is 1.77. The van der Waals surface area contributed by atoms with E-state index < -0.39 is 5.91 Å². The Bertz CT molecular complexity index is 524. The molecule has 8 nitrogen and oxygen atoms in total. The minimum absolute atomic E-state index is 0.164. The topological polar surface area (TPSA) is 106 Å². The van der Waals surface area contributed by atoms with E-state index in [1.807, 2.05) is 0 Å². The number of H-pyrrole nitrogens is 1. The average molecular weight is 234 g/mol. The van der Waals surface area contributed by atoms with Gasteiger partial charge in [-0.3, -0.25) is 10.1 Å². The molecule has 0 aliphatic rings. The number of rotatable bonds is 3. The number of carbonyl (C=O) groups is 1. The van der Waals surface area contributed by atoms with Gasteiger partial charge in [-0.25, -0.2) is 10.1 Å². The Balaban J connectivity index is 2.21. The standard InChI is InChI=1S/C9H10N6O2/c1-5-3-6(17-2)4-7(10-5)8(16)11-9-12-14-15-13-9/h3-4H,1-2H3,(H2,11,12,13,14,15,16). The van der Waals surface area contributed by atoms with Gasteiger partial charge in [-0.05, 0) is 17.4 Å². The third kappa shape index (κ3) is 2.54. The fraction of sp³-hybridized carbons (Fsp3) is 0.222. The van der Waals surface area contributed by atoms with Crippen LogP contribution in [0, 0.1) is 6.92 Å². The molecular formula is C9H10N6O2. The summed E-state index contributed by atoms with van der Waals surface area (Å²) < 4.78 is 5.05. The molecule has 0 saturated heterocycles. The van der Waals surface area contributed by atoms with Crippen LogP contribution in [-0.2, 0) is 0 Å². The van der Waals surface area contributed by atoms with Crippen LogP contribution < -0.4 is 10.1 Å². The van der Waals surface area contributed by atoms with Crippen molar-refractivity contribution < 1.29 is 9.53 Å². The minimum Gasteiger partial charge on any atom is -0.497 e. The zero-order valence-corrected chi connectivity index (χ0v) is 9.26. The van der Waals surface area contributed by atoms with E-state index in [4.69, 9.17) is 4.74 Å². The van der Waals surface area contributed by atoms with Gasteiger partial charge in [-0.1, -0.05) is 5.10 Å². The maximum Gasteiger partial charge on any atom is 0.276 e. The summed E-state index contributed by atoms with van der Waals surface area (Å²) in [6, 6.07) is 3.26. The van der Waals surface area contributed by atoms with E-state index in [0.717, 1.165) is 0 Å². The molecule has 0 saturated carbocycles. The third-order valence-electron chi connectivity index (χ3n) is 1.97. The number of nitrogens with zero attached hydrogens (tertiary/aromatic N) is 4. The van der Waals surface area contributed by atoms with Crippen molar-refractivity contribution >= 4 is 11.9 Å². The molecule has 2 aromatic heterocycles. The highest BCUT2D eigenvalue weighted by Gasteiger charge is 2.11. The summed E-state index contributed by atoms with van der Waals surface area (Å²) in [5.74, 6) is 0.321. The molecule has 88 valence electrons. The quantitative estimate of drug-likeness (QED) is 0.783.